The predicted molar refractivity (Wildman–Crippen MR) is 114 cm³/mol. The van der Waals surface area contributed by atoms with Gasteiger partial charge in [0.25, 0.3) is 0 Å². The van der Waals surface area contributed by atoms with Crippen LogP contribution in [0.1, 0.15) is 31.4 Å². The monoisotopic (exact) mass is 388 g/mol. The van der Waals surface area contributed by atoms with Gasteiger partial charge in [-0.25, -0.2) is 0 Å². The van der Waals surface area contributed by atoms with E-state index >= 15 is 0 Å². The molecule has 6 heteroatoms. The van der Waals surface area contributed by atoms with E-state index in [4.69, 9.17) is 14.5 Å². The number of guanidine groups is 1. The number of rotatable bonds is 10. The van der Waals surface area contributed by atoms with E-state index in [1.54, 1.807) is 0 Å². The van der Waals surface area contributed by atoms with Crippen LogP contribution < -0.4 is 5.32 Å². The summed E-state index contributed by atoms with van der Waals surface area (Å²) in [6, 6.07) is 11.0. The Hall–Kier alpha value is -1.63. The molecule has 6 nitrogen and oxygen atoms in total. The molecule has 1 aromatic rings. The van der Waals surface area contributed by atoms with Gasteiger partial charge in [0.1, 0.15) is 0 Å². The molecule has 0 aromatic heterocycles. The van der Waals surface area contributed by atoms with Crippen molar-refractivity contribution < 1.29 is 9.47 Å². The van der Waals surface area contributed by atoms with Crippen LogP contribution in [-0.2, 0) is 9.47 Å². The van der Waals surface area contributed by atoms with Gasteiger partial charge in [-0.1, -0.05) is 30.3 Å². The van der Waals surface area contributed by atoms with Gasteiger partial charge in [0.05, 0.1) is 32.4 Å². The number of nitrogens with one attached hydrogen (secondary N) is 1. The summed E-state index contributed by atoms with van der Waals surface area (Å²) in [4.78, 5) is 9.65. The summed E-state index contributed by atoms with van der Waals surface area (Å²) in [6.07, 6.45) is 2.67. The zero-order valence-corrected chi connectivity index (χ0v) is 17.5. The number of morpholine rings is 1. The normalized spacial score (nSPS) is 19.4. The van der Waals surface area contributed by atoms with Crippen molar-refractivity contribution in [1.29, 1.82) is 0 Å². The van der Waals surface area contributed by atoms with E-state index in [9.17, 15) is 0 Å². The molecule has 1 N–H and O–H groups in total. The third-order valence-electron chi connectivity index (χ3n) is 5.40. The Bertz CT molecular complexity index is 585. The first-order valence-corrected chi connectivity index (χ1v) is 10.7. The molecule has 3 rings (SSSR count). The third-order valence-corrected chi connectivity index (χ3v) is 5.40. The Morgan fingerprint density at radius 3 is 2.71 bits per heavy atom. The maximum Gasteiger partial charge on any atom is 0.193 e. The second-order valence-electron chi connectivity index (χ2n) is 7.71. The van der Waals surface area contributed by atoms with Crippen molar-refractivity contribution in [2.45, 2.75) is 25.8 Å². The highest BCUT2D eigenvalue weighted by Gasteiger charge is 2.23. The van der Waals surface area contributed by atoms with E-state index in [1.807, 2.05) is 0 Å². The van der Waals surface area contributed by atoms with E-state index in [2.05, 4.69) is 59.4 Å². The third kappa shape index (κ3) is 6.76. The SMILES string of the molecule is CCNC(=NCC(c1ccccc1)N1CCOCC1)N(C)CCOCC1CC1. The lowest BCUT2D eigenvalue weighted by molar-refractivity contribution is 0.0179. The first kappa shape index (κ1) is 21.1. The minimum atomic E-state index is 0.276. The number of aliphatic imine (C=N–C) groups is 1. The molecule has 1 aliphatic heterocycles. The molecule has 0 amide bonds. The van der Waals surface area contributed by atoms with E-state index in [0.717, 1.165) is 71.0 Å². The highest BCUT2D eigenvalue weighted by Crippen LogP contribution is 2.28. The smallest absolute Gasteiger partial charge is 0.193 e. The molecule has 156 valence electrons. The number of hydrogen-bond acceptors (Lipinski definition) is 4. The van der Waals surface area contributed by atoms with Crippen molar-refractivity contribution in [3.8, 4) is 0 Å². The van der Waals surface area contributed by atoms with Gasteiger partial charge in [-0.15, -0.1) is 0 Å². The van der Waals surface area contributed by atoms with Crippen LogP contribution >= 0.6 is 0 Å². The lowest BCUT2D eigenvalue weighted by Gasteiger charge is -2.34. The van der Waals surface area contributed by atoms with Crippen LogP contribution in [0.4, 0.5) is 0 Å². The zero-order valence-electron chi connectivity index (χ0n) is 17.5. The second-order valence-corrected chi connectivity index (χ2v) is 7.71. The summed E-state index contributed by atoms with van der Waals surface area (Å²) in [5.41, 5.74) is 1.32. The average Bonchev–Trinajstić information content (AvgIpc) is 3.56. The topological polar surface area (TPSA) is 49.3 Å². The fourth-order valence-corrected chi connectivity index (χ4v) is 3.48. The van der Waals surface area contributed by atoms with Crippen LogP contribution in [0.15, 0.2) is 35.3 Å². The molecule has 0 bridgehead atoms. The van der Waals surface area contributed by atoms with Gasteiger partial charge in [-0.2, -0.15) is 0 Å². The second kappa shape index (κ2) is 11.4. The van der Waals surface area contributed by atoms with Gasteiger partial charge in [-0.05, 0) is 31.2 Å². The van der Waals surface area contributed by atoms with Crippen LogP contribution in [0.2, 0.25) is 0 Å². The summed E-state index contributed by atoms with van der Waals surface area (Å²) in [7, 11) is 2.09. The maximum absolute atomic E-state index is 5.80. The zero-order chi connectivity index (χ0) is 19.6. The summed E-state index contributed by atoms with van der Waals surface area (Å²) >= 11 is 0. The first-order valence-electron chi connectivity index (χ1n) is 10.7. The van der Waals surface area contributed by atoms with Crippen molar-refractivity contribution in [3.63, 3.8) is 0 Å². The van der Waals surface area contributed by atoms with Crippen molar-refractivity contribution in [2.75, 3.05) is 66.2 Å². The van der Waals surface area contributed by atoms with Crippen LogP contribution in [0.5, 0.6) is 0 Å². The van der Waals surface area contributed by atoms with Crippen LogP contribution in [0.3, 0.4) is 0 Å². The Morgan fingerprint density at radius 1 is 1.29 bits per heavy atom. The highest BCUT2D eigenvalue weighted by molar-refractivity contribution is 5.79. The van der Waals surface area contributed by atoms with Gasteiger partial charge < -0.3 is 19.7 Å². The lowest BCUT2D eigenvalue weighted by atomic mass is 10.1. The largest absolute Gasteiger partial charge is 0.379 e. The number of benzene rings is 1. The number of ether oxygens (including phenoxy) is 2. The lowest BCUT2D eigenvalue weighted by Crippen LogP contribution is -2.43. The first-order chi connectivity index (χ1) is 13.8. The number of hydrogen-bond donors (Lipinski definition) is 1. The minimum absolute atomic E-state index is 0.276. The van der Waals surface area contributed by atoms with E-state index < -0.39 is 0 Å². The minimum Gasteiger partial charge on any atom is -0.379 e. The van der Waals surface area contributed by atoms with Gasteiger partial charge in [0, 0.05) is 39.8 Å². The summed E-state index contributed by atoms with van der Waals surface area (Å²) in [5.74, 6) is 1.76. The quantitative estimate of drug-likeness (QED) is 0.379. The molecular weight excluding hydrogens is 352 g/mol. The number of nitrogens with zero attached hydrogens (tertiary/aromatic N) is 3. The Labute approximate surface area is 169 Å². The van der Waals surface area contributed by atoms with Crippen LogP contribution in [-0.4, -0.2) is 82.0 Å². The molecule has 1 atom stereocenters. The van der Waals surface area contributed by atoms with Crippen LogP contribution in [0.25, 0.3) is 0 Å². The molecule has 0 radical (unpaired) electrons. The molecule has 28 heavy (non-hydrogen) atoms. The van der Waals surface area contributed by atoms with Gasteiger partial charge in [0.15, 0.2) is 5.96 Å². The molecule has 1 heterocycles. The van der Waals surface area contributed by atoms with Crippen molar-refractivity contribution >= 4 is 5.96 Å². The Morgan fingerprint density at radius 2 is 2.04 bits per heavy atom. The van der Waals surface area contributed by atoms with Crippen molar-refractivity contribution in [2.24, 2.45) is 10.9 Å². The van der Waals surface area contributed by atoms with E-state index in [1.165, 1.54) is 18.4 Å². The maximum atomic E-state index is 5.80. The van der Waals surface area contributed by atoms with Crippen LogP contribution in [0, 0.1) is 5.92 Å². The highest BCUT2D eigenvalue weighted by atomic mass is 16.5. The van der Waals surface area contributed by atoms with E-state index in [-0.39, 0.29) is 6.04 Å². The molecule has 1 unspecified atom stereocenters. The average molecular weight is 389 g/mol. The van der Waals surface area contributed by atoms with Gasteiger partial charge in [-0.3, -0.25) is 9.89 Å². The summed E-state index contributed by atoms with van der Waals surface area (Å²) < 4.78 is 11.4. The molecule has 2 fully saturated rings. The van der Waals surface area contributed by atoms with Gasteiger partial charge in [0.2, 0.25) is 0 Å². The molecule has 0 spiro atoms. The van der Waals surface area contributed by atoms with Gasteiger partial charge >= 0.3 is 0 Å². The summed E-state index contributed by atoms with van der Waals surface area (Å²) in [6.45, 7) is 9.73. The Balaban J connectivity index is 1.60. The number of likely N-dealkylation sites (N-methyl/N-ethyl adjacent to an activating group) is 1. The molecule has 1 aromatic carbocycles. The molecule has 1 aliphatic carbocycles. The molecule has 2 aliphatic rings. The molecule has 1 saturated carbocycles. The predicted octanol–water partition coefficient (Wildman–Crippen LogP) is 2.38. The fraction of sp³-hybridized carbons (Fsp3) is 0.682. The fourth-order valence-electron chi connectivity index (χ4n) is 3.48. The molecule has 1 saturated heterocycles. The Kier molecular flexibility index (Phi) is 8.58. The standard InChI is InChI=1S/C22H36N4O2/c1-3-23-22(25(2)11-14-28-18-19-9-10-19)24-17-21(20-7-5-4-6-8-20)26-12-15-27-16-13-26/h4-8,19,21H,3,9-18H2,1-2H3,(H,23,24). The summed E-state index contributed by atoms with van der Waals surface area (Å²) in [5, 5.41) is 3.43. The van der Waals surface area contributed by atoms with Crippen molar-refractivity contribution in [3.05, 3.63) is 35.9 Å². The van der Waals surface area contributed by atoms with E-state index in [0.29, 0.717) is 0 Å². The molecular formula is C22H36N4O2. The van der Waals surface area contributed by atoms with Crippen molar-refractivity contribution in [1.82, 2.24) is 15.1 Å².